The van der Waals surface area contributed by atoms with Gasteiger partial charge in [0.1, 0.15) is 0 Å². The van der Waals surface area contributed by atoms with Crippen LogP contribution in [0.5, 0.6) is 0 Å². The molecule has 1 aliphatic heterocycles. The van der Waals surface area contributed by atoms with E-state index in [9.17, 15) is 9.59 Å². The van der Waals surface area contributed by atoms with Gasteiger partial charge in [-0.1, -0.05) is 18.2 Å². The Bertz CT molecular complexity index is 1290. The lowest BCUT2D eigenvalue weighted by atomic mass is 10.0. The van der Waals surface area contributed by atoms with Gasteiger partial charge in [-0.2, -0.15) is 0 Å². The van der Waals surface area contributed by atoms with Crippen LogP contribution in [0.3, 0.4) is 0 Å². The third kappa shape index (κ3) is 3.75. The number of anilines is 2. The molecule has 2 aromatic carbocycles. The minimum atomic E-state index is -0.391. The van der Waals surface area contributed by atoms with Crippen molar-refractivity contribution >= 4 is 28.5 Å². The number of esters is 1. The van der Waals surface area contributed by atoms with Gasteiger partial charge in [0.2, 0.25) is 5.95 Å². The maximum atomic E-state index is 13.5. The summed E-state index contributed by atoms with van der Waals surface area (Å²) in [6.45, 7) is 8.57. The summed E-state index contributed by atoms with van der Waals surface area (Å²) in [6, 6.07) is 11.1. The summed E-state index contributed by atoms with van der Waals surface area (Å²) in [7, 11) is 1.38. The van der Waals surface area contributed by atoms with Gasteiger partial charge in [-0.3, -0.25) is 9.36 Å². The number of methoxy groups -OCH3 is 1. The quantitative estimate of drug-likeness (QED) is 0.574. The van der Waals surface area contributed by atoms with Crippen molar-refractivity contribution in [3.63, 3.8) is 0 Å². The van der Waals surface area contributed by atoms with Gasteiger partial charge in [0.15, 0.2) is 0 Å². The number of aryl methyl sites for hydroxylation is 1. The van der Waals surface area contributed by atoms with Crippen LogP contribution < -0.4 is 15.8 Å². The molecule has 2 heterocycles. The van der Waals surface area contributed by atoms with E-state index in [0.717, 1.165) is 47.5 Å². The number of ether oxygens (including phenoxy) is 1. The van der Waals surface area contributed by atoms with Crippen LogP contribution in [-0.2, 0) is 11.3 Å². The topological polar surface area (TPSA) is 76.5 Å². The van der Waals surface area contributed by atoms with Crippen LogP contribution in [0.25, 0.3) is 10.9 Å². The van der Waals surface area contributed by atoms with Crippen LogP contribution in [0, 0.1) is 18.8 Å². The number of carbonyl (C=O) groups excluding carboxylic acids is 1. The molecule has 5 rings (SSSR count). The van der Waals surface area contributed by atoms with Crippen LogP contribution in [0.15, 0.2) is 41.2 Å². The van der Waals surface area contributed by atoms with Crippen LogP contribution >= 0.6 is 0 Å². The van der Waals surface area contributed by atoms with Crippen molar-refractivity contribution < 1.29 is 9.53 Å². The molecule has 1 aromatic heterocycles. The van der Waals surface area contributed by atoms with E-state index < -0.39 is 5.97 Å². The van der Waals surface area contributed by atoms with Crippen LogP contribution in [0.4, 0.5) is 11.6 Å². The lowest BCUT2D eigenvalue weighted by Gasteiger charge is -2.25. The van der Waals surface area contributed by atoms with Gasteiger partial charge in [0.05, 0.1) is 29.6 Å². The second-order valence-electron chi connectivity index (χ2n) is 9.28. The Morgan fingerprint density at radius 3 is 2.67 bits per heavy atom. The minimum Gasteiger partial charge on any atom is -0.465 e. The highest BCUT2D eigenvalue weighted by molar-refractivity contribution is 5.95. The van der Waals surface area contributed by atoms with E-state index in [1.165, 1.54) is 13.5 Å². The van der Waals surface area contributed by atoms with Gasteiger partial charge in [0, 0.05) is 30.9 Å². The van der Waals surface area contributed by atoms with Gasteiger partial charge in [-0.25, -0.2) is 9.78 Å². The first-order chi connectivity index (χ1) is 15.9. The SMILES string of the molecule is CCn1c(N2CC3CC3C2)nc2c(C(C)Nc3ccccc3C(=O)OC)cc(C)cc2c1=O. The van der Waals surface area contributed by atoms with Crippen molar-refractivity contribution in [2.75, 3.05) is 30.4 Å². The van der Waals surface area contributed by atoms with Crippen LogP contribution in [0.1, 0.15) is 47.8 Å². The molecule has 172 valence electrons. The number of nitrogens with zero attached hydrogens (tertiary/aromatic N) is 3. The van der Waals surface area contributed by atoms with Crippen molar-refractivity contribution in [1.29, 1.82) is 0 Å². The zero-order valence-electron chi connectivity index (χ0n) is 19.6. The number of benzene rings is 2. The second kappa shape index (κ2) is 8.21. The molecule has 1 N–H and O–H groups in total. The highest BCUT2D eigenvalue weighted by atomic mass is 16.5. The molecule has 7 nitrogen and oxygen atoms in total. The van der Waals surface area contributed by atoms with Gasteiger partial charge in [-0.05, 0) is 62.8 Å². The van der Waals surface area contributed by atoms with Crippen LogP contribution in [0.2, 0.25) is 0 Å². The van der Waals surface area contributed by atoms with Crippen molar-refractivity contribution in [1.82, 2.24) is 9.55 Å². The number of aromatic nitrogens is 2. The Hall–Kier alpha value is -3.35. The first-order valence-corrected chi connectivity index (χ1v) is 11.6. The molecule has 3 atom stereocenters. The summed E-state index contributed by atoms with van der Waals surface area (Å²) < 4.78 is 6.75. The predicted octanol–water partition coefficient (Wildman–Crippen LogP) is 4.14. The zero-order valence-corrected chi connectivity index (χ0v) is 19.6. The lowest BCUT2D eigenvalue weighted by molar-refractivity contribution is 0.0602. The molecular weight excluding hydrogens is 416 g/mol. The monoisotopic (exact) mass is 446 g/mol. The van der Waals surface area contributed by atoms with Crippen molar-refractivity contribution in [2.24, 2.45) is 11.8 Å². The van der Waals surface area contributed by atoms with Crippen molar-refractivity contribution in [3.05, 3.63) is 63.4 Å². The van der Waals surface area contributed by atoms with Gasteiger partial charge >= 0.3 is 5.97 Å². The van der Waals surface area contributed by atoms with E-state index in [1.54, 1.807) is 10.6 Å². The number of hydrogen-bond donors (Lipinski definition) is 1. The summed E-state index contributed by atoms with van der Waals surface area (Å²) in [5.74, 6) is 1.87. The zero-order chi connectivity index (χ0) is 23.3. The first-order valence-electron chi connectivity index (χ1n) is 11.6. The Morgan fingerprint density at radius 2 is 1.97 bits per heavy atom. The average Bonchev–Trinajstić information content (AvgIpc) is 3.43. The number of para-hydroxylation sites is 1. The van der Waals surface area contributed by atoms with Crippen LogP contribution in [-0.4, -0.2) is 35.7 Å². The fourth-order valence-electron chi connectivity index (χ4n) is 5.12. The molecule has 0 bridgehead atoms. The third-order valence-electron chi connectivity index (χ3n) is 6.96. The number of rotatable bonds is 6. The number of piperidine rings is 1. The van der Waals surface area contributed by atoms with Crippen molar-refractivity contribution in [3.8, 4) is 0 Å². The molecule has 3 aromatic rings. The Labute approximate surface area is 193 Å². The standard InChI is InChI=1S/C26H30N4O3/c1-5-30-24(31)21-11-15(2)10-20(23(21)28-26(30)29-13-17-12-18(17)14-29)16(3)27-22-9-7-6-8-19(22)25(32)33-4/h6-11,16-18,27H,5,12-14H2,1-4H3. The summed E-state index contributed by atoms with van der Waals surface area (Å²) in [4.78, 5) is 33.1. The molecule has 0 amide bonds. The molecule has 0 spiro atoms. The van der Waals surface area contributed by atoms with Gasteiger partial charge in [0.25, 0.3) is 5.56 Å². The first kappa shape index (κ1) is 21.5. The normalized spacial score (nSPS) is 19.9. The molecule has 33 heavy (non-hydrogen) atoms. The summed E-state index contributed by atoms with van der Waals surface area (Å²) in [5.41, 5.74) is 3.83. The Morgan fingerprint density at radius 1 is 1.24 bits per heavy atom. The Balaban J connectivity index is 1.60. The number of nitrogens with one attached hydrogen (secondary N) is 1. The van der Waals surface area contributed by atoms with E-state index in [1.807, 2.05) is 45.0 Å². The van der Waals surface area contributed by atoms with E-state index in [-0.39, 0.29) is 11.6 Å². The summed E-state index contributed by atoms with van der Waals surface area (Å²) in [5, 5.41) is 4.08. The fraction of sp³-hybridized carbons (Fsp3) is 0.423. The molecule has 2 aliphatic rings. The number of carbonyl (C=O) groups is 1. The van der Waals surface area contributed by atoms with Gasteiger partial charge < -0.3 is 15.0 Å². The Kier molecular flexibility index (Phi) is 5.35. The number of hydrogen-bond acceptors (Lipinski definition) is 6. The average molecular weight is 447 g/mol. The highest BCUT2D eigenvalue weighted by Gasteiger charge is 2.46. The highest BCUT2D eigenvalue weighted by Crippen LogP contribution is 2.46. The number of fused-ring (bicyclic) bond motifs is 2. The second-order valence-corrected chi connectivity index (χ2v) is 9.28. The molecule has 0 radical (unpaired) electrons. The van der Waals surface area contributed by atoms with Gasteiger partial charge in [-0.15, -0.1) is 0 Å². The molecule has 7 heteroatoms. The third-order valence-corrected chi connectivity index (χ3v) is 6.96. The fourth-order valence-corrected chi connectivity index (χ4v) is 5.12. The maximum absolute atomic E-state index is 13.5. The van der Waals surface area contributed by atoms with E-state index in [2.05, 4.69) is 16.3 Å². The molecule has 1 saturated heterocycles. The van der Waals surface area contributed by atoms with E-state index in [4.69, 9.17) is 9.72 Å². The molecule has 2 fully saturated rings. The smallest absolute Gasteiger partial charge is 0.339 e. The molecule has 1 aliphatic carbocycles. The van der Waals surface area contributed by atoms with E-state index >= 15 is 0 Å². The summed E-state index contributed by atoms with van der Waals surface area (Å²) >= 11 is 0. The predicted molar refractivity (Wildman–Crippen MR) is 130 cm³/mol. The molecule has 1 saturated carbocycles. The van der Waals surface area contributed by atoms with E-state index in [0.29, 0.717) is 23.2 Å². The minimum absolute atomic E-state index is 0.00480. The molecular formula is C26H30N4O3. The van der Waals surface area contributed by atoms with Crippen molar-refractivity contribution in [2.45, 2.75) is 39.8 Å². The maximum Gasteiger partial charge on any atom is 0.339 e. The summed E-state index contributed by atoms with van der Waals surface area (Å²) in [6.07, 6.45) is 1.30. The lowest BCUT2D eigenvalue weighted by Crippen LogP contribution is -2.32. The largest absolute Gasteiger partial charge is 0.465 e. The molecule has 3 unspecified atom stereocenters.